The number of carbonyl (C=O) groups is 5. The molecule has 2 N–H and O–H groups in total. The number of methoxy groups -OCH3 is 2. The zero-order chi connectivity index (χ0) is 33.8. The van der Waals surface area contributed by atoms with E-state index < -0.39 is 48.3 Å². The maximum atomic E-state index is 12.0. The Kier molecular flexibility index (Phi) is 12.4. The summed E-state index contributed by atoms with van der Waals surface area (Å²) < 4.78 is 24.4. The molecule has 4 rings (SSSR count). The lowest BCUT2D eigenvalue weighted by molar-refractivity contribution is -0.157. The molecule has 0 saturated carbocycles. The monoisotopic (exact) mass is 634 g/mol. The quantitative estimate of drug-likeness (QED) is 0.163. The summed E-state index contributed by atoms with van der Waals surface area (Å²) in [6.07, 6.45) is 0. The van der Waals surface area contributed by atoms with Crippen LogP contribution in [0.5, 0.6) is 11.5 Å². The van der Waals surface area contributed by atoms with Crippen LogP contribution in [-0.2, 0) is 38.2 Å². The molecule has 0 aliphatic heterocycles. The summed E-state index contributed by atoms with van der Waals surface area (Å²) in [7, 11) is 2.52. The van der Waals surface area contributed by atoms with E-state index in [1.807, 2.05) is 24.3 Å². The van der Waals surface area contributed by atoms with E-state index in [4.69, 9.17) is 24.4 Å². The number of esters is 3. The fraction of sp³-hybridized carbons (Fsp3) is 0.265. The van der Waals surface area contributed by atoms with Crippen molar-refractivity contribution >= 4 is 51.4 Å². The summed E-state index contributed by atoms with van der Waals surface area (Å²) >= 11 is 0. The number of carboxylic acid groups (broad SMARTS) is 2. The van der Waals surface area contributed by atoms with Crippen molar-refractivity contribution in [2.75, 3.05) is 34.0 Å². The topological polar surface area (TPSA) is 172 Å². The van der Waals surface area contributed by atoms with Gasteiger partial charge in [-0.05, 0) is 70.8 Å². The number of aliphatic carboxylic acids is 2. The van der Waals surface area contributed by atoms with Crippen LogP contribution in [0.15, 0.2) is 72.8 Å². The Morgan fingerprint density at radius 3 is 1.50 bits per heavy atom. The molecule has 0 radical (unpaired) electrons. The van der Waals surface area contributed by atoms with Gasteiger partial charge in [-0.2, -0.15) is 0 Å². The molecule has 0 aliphatic carbocycles. The Labute approximate surface area is 264 Å². The Hall–Kier alpha value is -5.65. The minimum Gasteiger partial charge on any atom is -0.482 e. The number of carbonyl (C=O) groups excluding carboxylic acids is 3. The van der Waals surface area contributed by atoms with Crippen molar-refractivity contribution < 1.29 is 57.9 Å². The highest BCUT2D eigenvalue weighted by molar-refractivity contribution is 5.88. The fourth-order valence-electron chi connectivity index (χ4n) is 4.14. The number of fused-ring (bicyclic) bond motifs is 2. The minimum atomic E-state index is -1.03. The highest BCUT2D eigenvalue weighted by Gasteiger charge is 2.19. The molecular weight excluding hydrogens is 600 g/mol. The Bertz CT molecular complexity index is 1730. The van der Waals surface area contributed by atoms with Gasteiger partial charge in [-0.3, -0.25) is 9.59 Å². The first-order valence-electron chi connectivity index (χ1n) is 14.0. The van der Waals surface area contributed by atoms with Crippen molar-refractivity contribution in [3.63, 3.8) is 0 Å². The molecule has 46 heavy (non-hydrogen) atoms. The predicted molar refractivity (Wildman–Crippen MR) is 166 cm³/mol. The van der Waals surface area contributed by atoms with E-state index in [-0.39, 0.29) is 13.2 Å². The summed E-state index contributed by atoms with van der Waals surface area (Å²) in [5, 5.41) is 21.1. The van der Waals surface area contributed by atoms with E-state index in [2.05, 4.69) is 9.47 Å². The average Bonchev–Trinajstić information content (AvgIpc) is 3.07. The highest BCUT2D eigenvalue weighted by Crippen LogP contribution is 2.27. The van der Waals surface area contributed by atoms with Crippen LogP contribution < -0.4 is 9.47 Å². The van der Waals surface area contributed by atoms with Crippen LogP contribution in [-0.4, -0.2) is 74.1 Å². The summed E-state index contributed by atoms with van der Waals surface area (Å²) in [5.41, 5.74) is 1.49. The molecule has 0 amide bonds. The fourth-order valence-corrected chi connectivity index (χ4v) is 4.14. The van der Waals surface area contributed by atoms with E-state index >= 15 is 0 Å². The molecule has 0 saturated heterocycles. The lowest BCUT2D eigenvalue weighted by atomic mass is 9.98. The standard InChI is InChI=1S/C19H20O7.C15H14O5/c1-12(19(22)26-11-18(21)24-3)13-4-5-15-9-16(7-6-14(15)8-13)25-10-17(20)23-2;1-9(15(18)19)10-2-3-12-7-13(20-8-14(16)17)5-4-11(12)6-10/h4-9,12H,10-11H2,1-3H3;2-7,9H,8H2,1H3,(H,16,17)(H,18,19). The van der Waals surface area contributed by atoms with Crippen molar-refractivity contribution in [3.05, 3.63) is 83.9 Å². The smallest absolute Gasteiger partial charge is 0.344 e. The second kappa shape index (κ2) is 16.4. The molecule has 12 nitrogen and oxygen atoms in total. The van der Waals surface area contributed by atoms with Crippen LogP contribution in [0.4, 0.5) is 0 Å². The number of ether oxygens (including phenoxy) is 5. The lowest BCUT2D eigenvalue weighted by Gasteiger charge is -2.12. The first-order chi connectivity index (χ1) is 21.9. The second-order valence-corrected chi connectivity index (χ2v) is 10.0. The molecule has 2 unspecified atom stereocenters. The van der Waals surface area contributed by atoms with E-state index in [0.29, 0.717) is 11.5 Å². The van der Waals surface area contributed by atoms with Crippen molar-refractivity contribution in [1.82, 2.24) is 0 Å². The van der Waals surface area contributed by atoms with Crippen molar-refractivity contribution in [2.45, 2.75) is 25.7 Å². The molecule has 4 aromatic rings. The van der Waals surface area contributed by atoms with Gasteiger partial charge in [0.1, 0.15) is 11.5 Å². The number of benzene rings is 4. The highest BCUT2D eigenvalue weighted by atomic mass is 16.6. The largest absolute Gasteiger partial charge is 0.482 e. The van der Waals surface area contributed by atoms with Gasteiger partial charge in [0.25, 0.3) is 0 Å². The number of hydrogen-bond donors (Lipinski definition) is 2. The summed E-state index contributed by atoms with van der Waals surface area (Å²) in [5.74, 6) is -3.56. The van der Waals surface area contributed by atoms with Gasteiger partial charge in [-0.1, -0.05) is 48.5 Å². The van der Waals surface area contributed by atoms with Crippen LogP contribution >= 0.6 is 0 Å². The van der Waals surface area contributed by atoms with Gasteiger partial charge in [0.05, 0.1) is 26.1 Å². The molecular formula is C34H34O12. The lowest BCUT2D eigenvalue weighted by Crippen LogP contribution is -2.19. The summed E-state index contributed by atoms with van der Waals surface area (Å²) in [4.78, 5) is 55.6. The molecule has 0 fully saturated rings. The Balaban J connectivity index is 0.000000259. The van der Waals surface area contributed by atoms with Crippen molar-refractivity contribution in [3.8, 4) is 11.5 Å². The molecule has 12 heteroatoms. The number of hydrogen-bond acceptors (Lipinski definition) is 10. The number of carboxylic acids is 2. The summed E-state index contributed by atoms with van der Waals surface area (Å²) in [6.45, 7) is 2.37. The average molecular weight is 635 g/mol. The van der Waals surface area contributed by atoms with E-state index in [1.165, 1.54) is 14.2 Å². The van der Waals surface area contributed by atoms with Gasteiger partial charge in [-0.25, -0.2) is 14.4 Å². The zero-order valence-corrected chi connectivity index (χ0v) is 25.7. The normalized spacial score (nSPS) is 11.7. The Morgan fingerprint density at radius 1 is 0.587 bits per heavy atom. The third kappa shape index (κ3) is 9.94. The summed E-state index contributed by atoms with van der Waals surface area (Å²) in [6, 6.07) is 21.4. The first kappa shape index (κ1) is 34.8. The first-order valence-corrected chi connectivity index (χ1v) is 14.0. The van der Waals surface area contributed by atoms with E-state index in [1.54, 1.807) is 62.4 Å². The van der Waals surface area contributed by atoms with Crippen molar-refractivity contribution in [2.24, 2.45) is 0 Å². The van der Waals surface area contributed by atoms with E-state index in [0.717, 1.165) is 32.7 Å². The van der Waals surface area contributed by atoms with E-state index in [9.17, 15) is 24.0 Å². The second-order valence-electron chi connectivity index (χ2n) is 10.0. The number of rotatable bonds is 12. The molecule has 2 atom stereocenters. The van der Waals surface area contributed by atoms with Crippen LogP contribution in [0.25, 0.3) is 21.5 Å². The zero-order valence-electron chi connectivity index (χ0n) is 25.7. The molecule has 242 valence electrons. The molecule has 0 heterocycles. The molecule has 0 aliphatic rings. The maximum Gasteiger partial charge on any atom is 0.344 e. The Morgan fingerprint density at radius 2 is 1.02 bits per heavy atom. The van der Waals surface area contributed by atoms with Gasteiger partial charge >= 0.3 is 29.8 Å². The van der Waals surface area contributed by atoms with Gasteiger partial charge < -0.3 is 33.9 Å². The van der Waals surface area contributed by atoms with Crippen LogP contribution in [0.1, 0.15) is 36.8 Å². The molecule has 0 spiro atoms. The van der Waals surface area contributed by atoms with Gasteiger partial charge in [-0.15, -0.1) is 0 Å². The molecule has 4 aromatic carbocycles. The van der Waals surface area contributed by atoms with Crippen LogP contribution in [0, 0.1) is 0 Å². The van der Waals surface area contributed by atoms with Crippen molar-refractivity contribution in [1.29, 1.82) is 0 Å². The van der Waals surface area contributed by atoms with Gasteiger partial charge in [0.2, 0.25) is 0 Å². The maximum absolute atomic E-state index is 12.0. The van der Waals surface area contributed by atoms with Crippen LogP contribution in [0.2, 0.25) is 0 Å². The predicted octanol–water partition coefficient (Wildman–Crippen LogP) is 4.70. The molecule has 0 bridgehead atoms. The molecule has 0 aromatic heterocycles. The minimum absolute atomic E-state index is 0.164. The third-order valence-corrected chi connectivity index (χ3v) is 6.90. The SMILES string of the molecule is CC(C(=O)O)c1ccc2cc(OCC(=O)O)ccc2c1.COC(=O)COC(=O)C(C)c1ccc2cc(OCC(=O)OC)ccc2c1. The van der Waals surface area contributed by atoms with Gasteiger partial charge in [0, 0.05) is 0 Å². The van der Waals surface area contributed by atoms with Crippen LogP contribution in [0.3, 0.4) is 0 Å². The third-order valence-electron chi connectivity index (χ3n) is 6.90. The van der Waals surface area contributed by atoms with Gasteiger partial charge in [0.15, 0.2) is 19.8 Å².